The highest BCUT2D eigenvalue weighted by molar-refractivity contribution is 6.98. The molecule has 0 fully saturated rings. The lowest BCUT2D eigenvalue weighted by atomic mass is 9.34. The minimum Gasteiger partial charge on any atom is -0.458 e. The Labute approximate surface area is 401 Å². The Morgan fingerprint density at radius 2 is 0.797 bits per heavy atom. The smallest absolute Gasteiger partial charge is 0.260 e. The third kappa shape index (κ3) is 6.10. The maximum atomic E-state index is 7.05. The van der Waals surface area contributed by atoms with Crippen molar-refractivity contribution >= 4 is 66.7 Å². The zero-order chi connectivity index (χ0) is 45.7. The first-order chi connectivity index (χ1) is 34.1. The van der Waals surface area contributed by atoms with Crippen LogP contribution in [0.25, 0.3) is 88.4 Å². The summed E-state index contributed by atoms with van der Waals surface area (Å²) in [5.41, 5.74) is 19.9. The maximum absolute atomic E-state index is 7.05. The Morgan fingerprint density at radius 3 is 1.33 bits per heavy atom. The van der Waals surface area contributed by atoms with Crippen molar-refractivity contribution in [1.29, 1.82) is 0 Å². The van der Waals surface area contributed by atoms with Gasteiger partial charge in [-0.05, 0) is 141 Å². The lowest BCUT2D eigenvalue weighted by Crippen LogP contribution is -2.57. The first-order valence-corrected chi connectivity index (χ1v) is 24.2. The fraction of sp³-hybridized carbons (Fsp3) is 0.0625. The van der Waals surface area contributed by atoms with E-state index in [1.165, 1.54) is 65.9 Å². The van der Waals surface area contributed by atoms with Gasteiger partial charge in [-0.15, -0.1) is 0 Å². The number of para-hydroxylation sites is 3. The normalized spacial score (nSPS) is 12.5. The summed E-state index contributed by atoms with van der Waals surface area (Å²) in [4.78, 5) is 0. The molecule has 4 nitrogen and oxygen atoms in total. The van der Waals surface area contributed by atoms with Crippen LogP contribution in [0.3, 0.4) is 0 Å². The molecule has 0 unspecified atom stereocenters. The van der Waals surface area contributed by atoms with E-state index in [9.17, 15) is 0 Å². The number of rotatable bonds is 7. The average Bonchev–Trinajstić information content (AvgIpc) is 3.91. The number of hydrogen-bond donors (Lipinski definition) is 0. The number of aryl methyl sites for hydroxylation is 2. The summed E-state index contributed by atoms with van der Waals surface area (Å²) in [5, 5.41) is 4.96. The van der Waals surface area contributed by atoms with Crippen LogP contribution in [-0.2, 0) is 12.8 Å². The molecule has 0 amide bonds. The second kappa shape index (κ2) is 15.5. The molecule has 12 aromatic rings. The second-order valence-electron chi connectivity index (χ2n) is 18.5. The molecule has 0 atom stereocenters. The molecule has 2 aliphatic heterocycles. The number of aromatic nitrogens is 2. The number of fused-ring (bicyclic) bond motifs is 10. The number of hydrogen-bond acceptors (Lipinski definition) is 2. The van der Waals surface area contributed by atoms with Gasteiger partial charge in [0.2, 0.25) is 0 Å². The van der Waals surface area contributed by atoms with Gasteiger partial charge in [0.1, 0.15) is 23.0 Å². The third-order valence-corrected chi connectivity index (χ3v) is 14.8. The van der Waals surface area contributed by atoms with E-state index in [4.69, 9.17) is 9.47 Å². The molecule has 4 heterocycles. The second-order valence-corrected chi connectivity index (χ2v) is 18.5. The van der Waals surface area contributed by atoms with E-state index < -0.39 is 0 Å². The Morgan fingerprint density at radius 1 is 0.348 bits per heavy atom. The summed E-state index contributed by atoms with van der Waals surface area (Å²) in [6.45, 7) is 4.39. The Hall–Kier alpha value is -8.54. The molecule has 2 aromatic heterocycles. The highest BCUT2D eigenvalue weighted by Crippen LogP contribution is 2.43. The van der Waals surface area contributed by atoms with E-state index in [0.717, 1.165) is 85.9 Å². The van der Waals surface area contributed by atoms with Crippen molar-refractivity contribution in [3.8, 4) is 67.8 Å². The van der Waals surface area contributed by atoms with Gasteiger partial charge in [-0.25, -0.2) is 0 Å². The third-order valence-electron chi connectivity index (χ3n) is 14.8. The summed E-state index contributed by atoms with van der Waals surface area (Å²) in [5.74, 6) is 3.43. The highest BCUT2D eigenvalue weighted by Gasteiger charge is 2.41. The van der Waals surface area contributed by atoms with Crippen LogP contribution < -0.4 is 25.9 Å². The quantitative estimate of drug-likeness (QED) is 0.149. The van der Waals surface area contributed by atoms with Crippen molar-refractivity contribution < 1.29 is 9.47 Å². The van der Waals surface area contributed by atoms with Gasteiger partial charge >= 0.3 is 0 Å². The van der Waals surface area contributed by atoms with Crippen LogP contribution in [-0.4, -0.2) is 15.8 Å². The minimum absolute atomic E-state index is 0.0489. The molecule has 10 aromatic carbocycles. The van der Waals surface area contributed by atoms with Crippen LogP contribution in [0.1, 0.15) is 25.0 Å². The molecule has 0 radical (unpaired) electrons. The van der Waals surface area contributed by atoms with Crippen LogP contribution in [0, 0.1) is 0 Å². The van der Waals surface area contributed by atoms with Gasteiger partial charge in [0.05, 0.1) is 22.1 Å². The molecule has 69 heavy (non-hydrogen) atoms. The number of nitrogens with zero attached hydrogens (tertiary/aromatic N) is 2. The fourth-order valence-electron chi connectivity index (χ4n) is 11.6. The van der Waals surface area contributed by atoms with Crippen molar-refractivity contribution in [3.05, 3.63) is 223 Å². The lowest BCUT2D eigenvalue weighted by molar-refractivity contribution is 0.465. The standard InChI is InChI=1S/C64H45BN2O2/c1-3-40-16-8-10-20-48(40)43-28-32-54-60(34-43)68-62-36-45(37-63-64(62)65(54)55-33-29-44(35-61(55)69-63)49-21-11-9-17-41(49)4-2)42-26-30-47(31-27-42)67-57-25-15-13-23-51(57)53-38-52-50-22-12-14-24-56(50)66(58(52)39-59(53)67)46-18-6-5-7-19-46/h5-39H,3-4H2,1-2H3. The molecule has 14 rings (SSSR count). The van der Waals surface area contributed by atoms with Gasteiger partial charge in [0.25, 0.3) is 6.71 Å². The zero-order valence-electron chi connectivity index (χ0n) is 38.4. The van der Waals surface area contributed by atoms with Crippen LogP contribution in [0.4, 0.5) is 0 Å². The van der Waals surface area contributed by atoms with Gasteiger partial charge in [0, 0.05) is 38.4 Å². The Balaban J connectivity index is 0.915. The van der Waals surface area contributed by atoms with Crippen molar-refractivity contribution in [2.24, 2.45) is 0 Å². The number of benzene rings is 10. The monoisotopic (exact) mass is 884 g/mol. The van der Waals surface area contributed by atoms with Gasteiger partial charge in [-0.1, -0.05) is 153 Å². The first kappa shape index (κ1) is 39.6. The molecule has 0 aliphatic carbocycles. The van der Waals surface area contributed by atoms with Crippen LogP contribution >= 0.6 is 0 Å². The van der Waals surface area contributed by atoms with Gasteiger partial charge < -0.3 is 18.6 Å². The maximum Gasteiger partial charge on any atom is 0.260 e. The minimum atomic E-state index is -0.0489. The van der Waals surface area contributed by atoms with Crippen molar-refractivity contribution in [2.45, 2.75) is 26.7 Å². The SMILES string of the molecule is CCc1ccccc1-c1ccc2c(c1)Oc1cc(-c3ccc(-n4c5ccccc5c5cc6c7ccccc7n(-c7ccccc7)c6cc54)cc3)cc3c1B2c1ccc(-c2ccccc2CC)cc1O3. The summed E-state index contributed by atoms with van der Waals surface area (Å²) in [6.07, 6.45) is 1.92. The van der Waals surface area contributed by atoms with E-state index in [1.807, 2.05) is 0 Å². The Bertz CT molecular complexity index is 3930. The van der Waals surface area contributed by atoms with Crippen LogP contribution in [0.15, 0.2) is 212 Å². The summed E-state index contributed by atoms with van der Waals surface area (Å²) in [7, 11) is 0. The van der Waals surface area contributed by atoms with Crippen LogP contribution in [0.2, 0.25) is 0 Å². The van der Waals surface area contributed by atoms with E-state index in [2.05, 4.69) is 235 Å². The predicted molar refractivity (Wildman–Crippen MR) is 288 cm³/mol. The van der Waals surface area contributed by atoms with Gasteiger partial charge in [-0.3, -0.25) is 0 Å². The van der Waals surface area contributed by atoms with E-state index >= 15 is 0 Å². The lowest BCUT2D eigenvalue weighted by Gasteiger charge is -2.34. The molecular weight excluding hydrogens is 840 g/mol. The van der Waals surface area contributed by atoms with Crippen molar-refractivity contribution in [1.82, 2.24) is 9.13 Å². The van der Waals surface area contributed by atoms with E-state index in [-0.39, 0.29) is 6.71 Å². The molecule has 2 aliphatic rings. The molecule has 0 spiro atoms. The molecular formula is C64H45BN2O2. The fourth-order valence-corrected chi connectivity index (χ4v) is 11.6. The number of ether oxygens (including phenoxy) is 2. The van der Waals surface area contributed by atoms with Crippen molar-refractivity contribution in [3.63, 3.8) is 0 Å². The summed E-state index contributed by atoms with van der Waals surface area (Å²) < 4.78 is 18.9. The molecule has 0 saturated heterocycles. The van der Waals surface area contributed by atoms with Crippen LogP contribution in [0.5, 0.6) is 23.0 Å². The highest BCUT2D eigenvalue weighted by atomic mass is 16.5. The molecule has 326 valence electrons. The molecule has 0 saturated carbocycles. The van der Waals surface area contributed by atoms with E-state index in [1.54, 1.807) is 0 Å². The van der Waals surface area contributed by atoms with Gasteiger partial charge in [0.15, 0.2) is 0 Å². The van der Waals surface area contributed by atoms with E-state index in [0.29, 0.717) is 0 Å². The Kier molecular flexibility index (Phi) is 8.91. The molecule has 5 heteroatoms. The zero-order valence-corrected chi connectivity index (χ0v) is 38.4. The molecule has 0 bridgehead atoms. The summed E-state index contributed by atoms with van der Waals surface area (Å²) in [6, 6.07) is 77.5. The van der Waals surface area contributed by atoms with Crippen molar-refractivity contribution in [2.75, 3.05) is 0 Å². The largest absolute Gasteiger partial charge is 0.458 e. The summed E-state index contributed by atoms with van der Waals surface area (Å²) >= 11 is 0. The predicted octanol–water partition coefficient (Wildman–Crippen LogP) is 14.7. The molecule has 0 N–H and O–H groups in total. The topological polar surface area (TPSA) is 28.3 Å². The average molecular weight is 885 g/mol. The van der Waals surface area contributed by atoms with Gasteiger partial charge in [-0.2, -0.15) is 0 Å². The first-order valence-electron chi connectivity index (χ1n) is 24.2.